The van der Waals surface area contributed by atoms with Crippen LogP contribution in [0.25, 0.3) is 10.4 Å². The molecule has 1 heterocycles. The molecule has 3 heteroatoms. The number of hydrogen-bond acceptors (Lipinski definition) is 2. The lowest BCUT2D eigenvalue weighted by atomic mass is 10.0. The van der Waals surface area contributed by atoms with Crippen LogP contribution in [0.15, 0.2) is 18.2 Å². The third-order valence-electron chi connectivity index (χ3n) is 2.74. The van der Waals surface area contributed by atoms with Crippen molar-refractivity contribution < 1.29 is 0 Å². The van der Waals surface area contributed by atoms with Gasteiger partial charge in [0.05, 0.1) is 4.34 Å². The molecular formula is C13H14ClNS. The topological polar surface area (TPSA) is 26.0 Å². The molecule has 0 amide bonds. The zero-order valence-electron chi connectivity index (χ0n) is 9.60. The molecule has 0 aliphatic heterocycles. The number of hydrogen-bond donors (Lipinski definition) is 1. The molecule has 2 aromatic rings. The minimum atomic E-state index is 0.848. The molecule has 0 aliphatic carbocycles. The van der Waals surface area contributed by atoms with Crippen LogP contribution in [0.3, 0.4) is 0 Å². The summed E-state index contributed by atoms with van der Waals surface area (Å²) < 4.78 is 0.865. The molecule has 0 aliphatic rings. The maximum Gasteiger partial charge on any atom is 0.0963 e. The normalized spacial score (nSPS) is 10.8. The molecule has 1 nitrogen and oxygen atoms in total. The highest BCUT2D eigenvalue weighted by atomic mass is 35.5. The zero-order valence-corrected chi connectivity index (χ0v) is 11.2. The monoisotopic (exact) mass is 251 g/mol. The zero-order chi connectivity index (χ0) is 11.9. The fourth-order valence-corrected chi connectivity index (χ4v) is 2.98. The van der Waals surface area contributed by atoms with Gasteiger partial charge in [-0.1, -0.05) is 11.6 Å². The van der Waals surface area contributed by atoms with E-state index >= 15 is 0 Å². The molecule has 0 spiro atoms. The lowest BCUT2D eigenvalue weighted by Gasteiger charge is -2.07. The van der Waals surface area contributed by atoms with Crippen LogP contribution in [-0.2, 0) is 0 Å². The van der Waals surface area contributed by atoms with Gasteiger partial charge < -0.3 is 5.73 Å². The first-order chi connectivity index (χ1) is 7.49. The molecule has 1 aromatic carbocycles. The van der Waals surface area contributed by atoms with Gasteiger partial charge in [-0.15, -0.1) is 11.3 Å². The van der Waals surface area contributed by atoms with Gasteiger partial charge in [0.1, 0.15) is 0 Å². The standard InChI is InChI=1S/C13H14ClNS/c1-7-5-11(15)8(2)4-10(7)12-6-9(3)13(14)16-12/h4-6H,15H2,1-3H3. The van der Waals surface area contributed by atoms with Crippen molar-refractivity contribution in [3.63, 3.8) is 0 Å². The molecule has 2 N–H and O–H groups in total. The number of nitrogens with two attached hydrogens (primary N) is 1. The maximum atomic E-state index is 6.10. The Kier molecular flexibility index (Phi) is 2.96. The maximum absolute atomic E-state index is 6.10. The van der Waals surface area contributed by atoms with Crippen molar-refractivity contribution in [3.8, 4) is 10.4 Å². The Bertz CT molecular complexity index is 524. The summed E-state index contributed by atoms with van der Waals surface area (Å²) in [6.45, 7) is 6.14. The van der Waals surface area contributed by atoms with Crippen molar-refractivity contribution >= 4 is 28.6 Å². The lowest BCUT2D eigenvalue weighted by Crippen LogP contribution is -1.92. The summed E-state index contributed by atoms with van der Waals surface area (Å²) in [6.07, 6.45) is 0. The van der Waals surface area contributed by atoms with Crippen molar-refractivity contribution in [2.75, 3.05) is 5.73 Å². The number of aryl methyl sites for hydroxylation is 3. The fraction of sp³-hybridized carbons (Fsp3) is 0.231. The van der Waals surface area contributed by atoms with E-state index in [0.717, 1.165) is 21.2 Å². The van der Waals surface area contributed by atoms with Crippen LogP contribution in [0.2, 0.25) is 4.34 Å². The molecule has 0 unspecified atom stereocenters. The number of nitrogen functional groups attached to an aromatic ring is 1. The quantitative estimate of drug-likeness (QED) is 0.738. The van der Waals surface area contributed by atoms with Crippen molar-refractivity contribution in [3.05, 3.63) is 39.2 Å². The molecule has 16 heavy (non-hydrogen) atoms. The Morgan fingerprint density at radius 2 is 1.69 bits per heavy atom. The first-order valence-corrected chi connectivity index (χ1v) is 6.31. The van der Waals surface area contributed by atoms with E-state index in [4.69, 9.17) is 17.3 Å². The summed E-state index contributed by atoms with van der Waals surface area (Å²) in [6, 6.07) is 6.28. The number of thiophene rings is 1. The van der Waals surface area contributed by atoms with Gasteiger partial charge in [-0.2, -0.15) is 0 Å². The highest BCUT2D eigenvalue weighted by Crippen LogP contribution is 2.37. The molecule has 0 bridgehead atoms. The van der Waals surface area contributed by atoms with E-state index < -0.39 is 0 Å². The Morgan fingerprint density at radius 3 is 2.25 bits per heavy atom. The van der Waals surface area contributed by atoms with E-state index in [2.05, 4.69) is 19.1 Å². The second-order valence-corrected chi connectivity index (χ2v) is 5.75. The van der Waals surface area contributed by atoms with Crippen molar-refractivity contribution in [1.82, 2.24) is 0 Å². The first kappa shape index (κ1) is 11.5. The van der Waals surface area contributed by atoms with Crippen LogP contribution in [-0.4, -0.2) is 0 Å². The smallest absolute Gasteiger partial charge is 0.0963 e. The summed E-state index contributed by atoms with van der Waals surface area (Å²) in [5.41, 5.74) is 11.4. The largest absolute Gasteiger partial charge is 0.399 e. The van der Waals surface area contributed by atoms with E-state index in [0.29, 0.717) is 0 Å². The molecule has 0 saturated heterocycles. The Hall–Kier alpha value is -0.990. The van der Waals surface area contributed by atoms with Gasteiger partial charge in [-0.05, 0) is 61.2 Å². The van der Waals surface area contributed by atoms with Crippen molar-refractivity contribution in [1.29, 1.82) is 0 Å². The first-order valence-electron chi connectivity index (χ1n) is 5.12. The van der Waals surface area contributed by atoms with Crippen LogP contribution >= 0.6 is 22.9 Å². The number of anilines is 1. The fourth-order valence-electron chi connectivity index (χ4n) is 1.70. The third-order valence-corrected chi connectivity index (χ3v) is 4.32. The van der Waals surface area contributed by atoms with Gasteiger partial charge in [0.25, 0.3) is 0 Å². The van der Waals surface area contributed by atoms with Gasteiger partial charge in [0, 0.05) is 10.6 Å². The molecule has 2 rings (SSSR count). The van der Waals surface area contributed by atoms with Gasteiger partial charge in [0.2, 0.25) is 0 Å². The van der Waals surface area contributed by atoms with Gasteiger partial charge in [0.15, 0.2) is 0 Å². The van der Waals surface area contributed by atoms with E-state index in [-0.39, 0.29) is 0 Å². The second kappa shape index (κ2) is 4.11. The van der Waals surface area contributed by atoms with Crippen molar-refractivity contribution in [2.24, 2.45) is 0 Å². The van der Waals surface area contributed by atoms with Crippen LogP contribution in [0, 0.1) is 20.8 Å². The third kappa shape index (κ3) is 1.95. The predicted molar refractivity (Wildman–Crippen MR) is 73.4 cm³/mol. The highest BCUT2D eigenvalue weighted by Gasteiger charge is 2.09. The van der Waals surface area contributed by atoms with Gasteiger partial charge >= 0.3 is 0 Å². The molecule has 0 radical (unpaired) electrons. The molecule has 0 fully saturated rings. The van der Waals surface area contributed by atoms with Crippen LogP contribution in [0.5, 0.6) is 0 Å². The highest BCUT2D eigenvalue weighted by molar-refractivity contribution is 7.19. The Labute approximate surface area is 105 Å². The average Bonchev–Trinajstić information content (AvgIpc) is 2.53. The van der Waals surface area contributed by atoms with Crippen LogP contribution < -0.4 is 5.73 Å². The van der Waals surface area contributed by atoms with Crippen molar-refractivity contribution in [2.45, 2.75) is 20.8 Å². The van der Waals surface area contributed by atoms with E-state index in [1.165, 1.54) is 16.0 Å². The minimum Gasteiger partial charge on any atom is -0.399 e. The summed E-state index contributed by atoms with van der Waals surface area (Å²) >= 11 is 7.72. The lowest BCUT2D eigenvalue weighted by molar-refractivity contribution is 1.40. The minimum absolute atomic E-state index is 0.848. The van der Waals surface area contributed by atoms with E-state index in [1.54, 1.807) is 11.3 Å². The number of rotatable bonds is 1. The molecule has 0 atom stereocenters. The second-order valence-electron chi connectivity index (χ2n) is 4.09. The summed E-state index contributed by atoms with van der Waals surface area (Å²) in [5, 5.41) is 0. The molecule has 0 saturated carbocycles. The van der Waals surface area contributed by atoms with Gasteiger partial charge in [-0.25, -0.2) is 0 Å². The van der Waals surface area contributed by atoms with Crippen LogP contribution in [0.1, 0.15) is 16.7 Å². The SMILES string of the molecule is Cc1cc(-c2cc(C)c(Cl)s2)c(C)cc1N. The van der Waals surface area contributed by atoms with Gasteiger partial charge in [-0.3, -0.25) is 0 Å². The Morgan fingerprint density at radius 1 is 1.00 bits per heavy atom. The predicted octanol–water partition coefficient (Wildman–Crippen LogP) is 4.58. The number of halogens is 1. The van der Waals surface area contributed by atoms with E-state index in [9.17, 15) is 0 Å². The molecule has 84 valence electrons. The summed E-state index contributed by atoms with van der Waals surface area (Å²) in [5.74, 6) is 0. The van der Waals surface area contributed by atoms with E-state index in [1.807, 2.05) is 19.9 Å². The Balaban J connectivity index is 2.60. The molecule has 1 aromatic heterocycles. The average molecular weight is 252 g/mol. The summed E-state index contributed by atoms with van der Waals surface area (Å²) in [4.78, 5) is 1.21. The summed E-state index contributed by atoms with van der Waals surface area (Å²) in [7, 11) is 0. The number of benzene rings is 1. The molecular weight excluding hydrogens is 238 g/mol. The van der Waals surface area contributed by atoms with Crippen LogP contribution in [0.4, 0.5) is 5.69 Å².